The quantitative estimate of drug-likeness (QED) is 0.798. The fourth-order valence-electron chi connectivity index (χ4n) is 2.20. The molecule has 0 saturated carbocycles. The predicted octanol–water partition coefficient (Wildman–Crippen LogP) is 3.12. The van der Waals surface area contributed by atoms with Crippen molar-refractivity contribution in [3.63, 3.8) is 0 Å². The summed E-state index contributed by atoms with van der Waals surface area (Å²) in [7, 11) is 3.83. The molecule has 1 aromatic carbocycles. The zero-order valence-electron chi connectivity index (χ0n) is 13.1. The molecule has 1 aliphatic rings. The average molecular weight is 340 g/mol. The molecule has 2 heterocycles. The van der Waals surface area contributed by atoms with E-state index in [0.717, 1.165) is 10.9 Å². The van der Waals surface area contributed by atoms with Crippen LogP contribution in [0.25, 0.3) is 11.0 Å². The Morgan fingerprint density at radius 3 is 2.48 bits per heavy atom. The first kappa shape index (κ1) is 17.2. The van der Waals surface area contributed by atoms with Gasteiger partial charge in [0.1, 0.15) is 24.7 Å². The van der Waals surface area contributed by atoms with Gasteiger partial charge in [0.25, 0.3) is 0 Å². The number of fused-ring (bicyclic) bond motifs is 2. The molecule has 0 saturated heterocycles. The number of halogens is 1. The van der Waals surface area contributed by atoms with Gasteiger partial charge in [-0.2, -0.15) is 0 Å². The van der Waals surface area contributed by atoms with Gasteiger partial charge in [-0.1, -0.05) is 0 Å². The molecule has 2 aromatic rings. The molecule has 0 amide bonds. The van der Waals surface area contributed by atoms with Crippen LogP contribution >= 0.6 is 12.4 Å². The molecule has 0 unspecified atom stereocenters. The highest BCUT2D eigenvalue weighted by Crippen LogP contribution is 2.38. The molecule has 1 aromatic heterocycles. The normalized spacial score (nSPS) is 12.3. The maximum atomic E-state index is 12.1. The van der Waals surface area contributed by atoms with Gasteiger partial charge in [0.05, 0.1) is 0 Å². The minimum atomic E-state index is -0.464. The first-order valence-electron chi connectivity index (χ1n) is 6.93. The molecule has 7 heteroatoms. The van der Waals surface area contributed by atoms with E-state index in [2.05, 4.69) is 0 Å². The smallest absolute Gasteiger partial charge is 0.374 e. The fraction of sp³-hybridized carbons (Fsp3) is 0.312. The Balaban J connectivity index is 0.00000192. The van der Waals surface area contributed by atoms with Crippen molar-refractivity contribution in [3.05, 3.63) is 36.0 Å². The van der Waals surface area contributed by atoms with E-state index in [1.165, 1.54) is 12.5 Å². The Morgan fingerprint density at radius 1 is 1.17 bits per heavy atom. The molecule has 0 bridgehead atoms. The lowest BCUT2D eigenvalue weighted by atomic mass is 10.1. The standard InChI is InChI=1S/C16H17NO5.ClH/c1-10-11-8-13-14(20-7-6-19-13)9-12(11)22-15(10)16(18)21-5-4-17(2)3;/h6-9H,4-5H2,1-3H3;1H. The first-order chi connectivity index (χ1) is 10.6. The molecule has 0 N–H and O–H groups in total. The highest BCUT2D eigenvalue weighted by atomic mass is 35.5. The number of aryl methyl sites for hydroxylation is 1. The third kappa shape index (κ3) is 3.43. The van der Waals surface area contributed by atoms with E-state index in [1.54, 1.807) is 12.1 Å². The predicted molar refractivity (Wildman–Crippen MR) is 87.4 cm³/mol. The second-order valence-corrected chi connectivity index (χ2v) is 5.30. The van der Waals surface area contributed by atoms with Crippen molar-refractivity contribution in [2.75, 3.05) is 27.2 Å². The van der Waals surface area contributed by atoms with Crippen LogP contribution in [0.1, 0.15) is 16.1 Å². The largest absolute Gasteiger partial charge is 0.458 e. The fourth-order valence-corrected chi connectivity index (χ4v) is 2.20. The number of carbonyl (C=O) groups is 1. The van der Waals surface area contributed by atoms with Crippen molar-refractivity contribution in [3.8, 4) is 11.5 Å². The Bertz CT molecular complexity index is 750. The Morgan fingerprint density at radius 2 is 1.83 bits per heavy atom. The van der Waals surface area contributed by atoms with Gasteiger partial charge in [-0.25, -0.2) is 4.79 Å². The minimum absolute atomic E-state index is 0. The summed E-state index contributed by atoms with van der Waals surface area (Å²) < 4.78 is 21.6. The summed E-state index contributed by atoms with van der Waals surface area (Å²) in [4.78, 5) is 14.1. The summed E-state index contributed by atoms with van der Waals surface area (Å²) in [6.07, 6.45) is 2.90. The van der Waals surface area contributed by atoms with E-state index in [-0.39, 0.29) is 18.2 Å². The third-order valence-electron chi connectivity index (χ3n) is 3.41. The van der Waals surface area contributed by atoms with Gasteiger partial charge in [0.2, 0.25) is 5.76 Å². The Hall–Kier alpha value is -2.18. The molecule has 124 valence electrons. The number of ether oxygens (including phenoxy) is 3. The van der Waals surface area contributed by atoms with E-state index in [4.69, 9.17) is 18.6 Å². The van der Waals surface area contributed by atoms with E-state index >= 15 is 0 Å². The van der Waals surface area contributed by atoms with Gasteiger partial charge < -0.3 is 23.5 Å². The lowest BCUT2D eigenvalue weighted by Gasteiger charge is -2.11. The molecule has 0 spiro atoms. The van der Waals surface area contributed by atoms with Crippen LogP contribution in [-0.2, 0) is 4.74 Å². The topological polar surface area (TPSA) is 61.1 Å². The second-order valence-electron chi connectivity index (χ2n) is 5.30. The summed E-state index contributed by atoms with van der Waals surface area (Å²) in [6.45, 7) is 2.79. The Labute approximate surface area is 140 Å². The molecule has 0 aliphatic carbocycles. The summed E-state index contributed by atoms with van der Waals surface area (Å²) >= 11 is 0. The van der Waals surface area contributed by atoms with Crippen molar-refractivity contribution >= 4 is 29.3 Å². The number of rotatable bonds is 4. The van der Waals surface area contributed by atoms with Crippen molar-refractivity contribution < 1.29 is 23.4 Å². The van der Waals surface area contributed by atoms with E-state index < -0.39 is 5.97 Å². The first-order valence-corrected chi connectivity index (χ1v) is 6.93. The summed E-state index contributed by atoms with van der Waals surface area (Å²) in [6, 6.07) is 3.50. The van der Waals surface area contributed by atoms with Crippen LogP contribution in [-0.4, -0.2) is 38.1 Å². The maximum Gasteiger partial charge on any atom is 0.374 e. The van der Waals surface area contributed by atoms with Crippen LogP contribution in [0.5, 0.6) is 11.5 Å². The molecule has 23 heavy (non-hydrogen) atoms. The van der Waals surface area contributed by atoms with Crippen molar-refractivity contribution in [1.29, 1.82) is 0 Å². The molecule has 0 atom stereocenters. The third-order valence-corrected chi connectivity index (χ3v) is 3.41. The highest BCUT2D eigenvalue weighted by molar-refractivity contribution is 5.97. The van der Waals surface area contributed by atoms with Crippen LogP contribution in [0, 0.1) is 6.92 Å². The van der Waals surface area contributed by atoms with Gasteiger partial charge in [0, 0.05) is 23.6 Å². The number of hydrogen-bond donors (Lipinski definition) is 0. The summed E-state index contributed by atoms with van der Waals surface area (Å²) in [5.41, 5.74) is 1.29. The van der Waals surface area contributed by atoms with Crippen LogP contribution < -0.4 is 9.47 Å². The number of esters is 1. The average Bonchev–Trinajstić information content (AvgIpc) is 2.81. The van der Waals surface area contributed by atoms with Gasteiger partial charge >= 0.3 is 5.97 Å². The van der Waals surface area contributed by atoms with E-state index in [9.17, 15) is 4.79 Å². The van der Waals surface area contributed by atoms with Crippen LogP contribution in [0.15, 0.2) is 29.1 Å². The molecule has 3 rings (SSSR count). The minimum Gasteiger partial charge on any atom is -0.458 e. The molecular weight excluding hydrogens is 322 g/mol. The van der Waals surface area contributed by atoms with Crippen LogP contribution in [0.3, 0.4) is 0 Å². The number of furan rings is 1. The maximum absolute atomic E-state index is 12.1. The molecular formula is C16H18ClNO5. The number of nitrogens with zero attached hydrogens (tertiary/aromatic N) is 1. The van der Waals surface area contributed by atoms with Crippen molar-refractivity contribution in [1.82, 2.24) is 4.90 Å². The number of benzene rings is 1. The number of hydrogen-bond acceptors (Lipinski definition) is 6. The van der Waals surface area contributed by atoms with Gasteiger partial charge in [0.15, 0.2) is 11.5 Å². The number of carbonyl (C=O) groups excluding carboxylic acids is 1. The van der Waals surface area contributed by atoms with Crippen molar-refractivity contribution in [2.24, 2.45) is 0 Å². The summed E-state index contributed by atoms with van der Waals surface area (Å²) in [5.74, 6) is 0.889. The van der Waals surface area contributed by atoms with Crippen LogP contribution in [0.2, 0.25) is 0 Å². The van der Waals surface area contributed by atoms with Gasteiger partial charge in [-0.15, -0.1) is 12.4 Å². The lowest BCUT2D eigenvalue weighted by molar-refractivity contribution is 0.0447. The Kier molecular flexibility index (Phi) is 5.18. The SMILES string of the molecule is Cc1c(C(=O)OCCN(C)C)oc2cc3c(cc12)OC=CO3.Cl. The van der Waals surface area contributed by atoms with Gasteiger partial charge in [-0.3, -0.25) is 0 Å². The van der Waals surface area contributed by atoms with Crippen LogP contribution in [0.4, 0.5) is 0 Å². The molecule has 6 nitrogen and oxygen atoms in total. The zero-order valence-corrected chi connectivity index (χ0v) is 13.9. The monoisotopic (exact) mass is 339 g/mol. The van der Waals surface area contributed by atoms with Crippen molar-refractivity contribution in [2.45, 2.75) is 6.92 Å². The lowest BCUT2D eigenvalue weighted by Crippen LogP contribution is -2.20. The second kappa shape index (κ2) is 6.93. The summed E-state index contributed by atoms with van der Waals surface area (Å²) in [5, 5.41) is 0.803. The molecule has 0 radical (unpaired) electrons. The number of likely N-dealkylation sites (N-methyl/N-ethyl adjacent to an activating group) is 1. The van der Waals surface area contributed by atoms with E-state index in [0.29, 0.717) is 30.2 Å². The van der Waals surface area contributed by atoms with E-state index in [1.807, 2.05) is 25.9 Å². The molecule has 1 aliphatic heterocycles. The zero-order chi connectivity index (χ0) is 15.7. The van der Waals surface area contributed by atoms with Gasteiger partial charge in [-0.05, 0) is 27.1 Å². The highest BCUT2D eigenvalue weighted by Gasteiger charge is 2.21. The molecule has 0 fully saturated rings.